The lowest BCUT2D eigenvalue weighted by molar-refractivity contribution is -0.131. The molecule has 0 radical (unpaired) electrons. The van der Waals surface area contributed by atoms with Crippen molar-refractivity contribution in [2.45, 2.75) is 12.5 Å². The van der Waals surface area contributed by atoms with Gasteiger partial charge in [0.15, 0.2) is 6.10 Å². The summed E-state index contributed by atoms with van der Waals surface area (Å²) < 4.78 is 14.1. The van der Waals surface area contributed by atoms with Gasteiger partial charge in [-0.05, 0) is 54.1 Å². The van der Waals surface area contributed by atoms with E-state index in [0.717, 1.165) is 54.5 Å². The summed E-state index contributed by atoms with van der Waals surface area (Å²) >= 11 is 2.76. The molecule has 6 aromatic rings. The van der Waals surface area contributed by atoms with Gasteiger partial charge in [-0.25, -0.2) is 0 Å². The van der Waals surface area contributed by atoms with Crippen LogP contribution in [0.4, 0.5) is 17.1 Å². The molecular weight excluding hydrogens is 537 g/mol. The van der Waals surface area contributed by atoms with Gasteiger partial charge in [0.25, 0.3) is 6.47 Å². The zero-order chi connectivity index (χ0) is 27.3. The number of thiophene rings is 1. The summed E-state index contributed by atoms with van der Waals surface area (Å²) in [6, 6.07) is 39.3. The summed E-state index contributed by atoms with van der Waals surface area (Å²) in [5, 5.41) is 9.21. The van der Waals surface area contributed by atoms with Gasteiger partial charge in [-0.2, -0.15) is 14.0 Å². The molecule has 0 bridgehead atoms. The largest absolute Gasteiger partial charge is 0.449 e. The number of fused-ring (bicyclic) bond motifs is 1. The molecule has 2 heterocycles. The van der Waals surface area contributed by atoms with Crippen LogP contribution in [0.25, 0.3) is 32.6 Å². The molecule has 1 unspecified atom stereocenters. The van der Waals surface area contributed by atoms with Crippen LogP contribution in [0, 0.1) is 11.3 Å². The monoisotopic (exact) mass is 558 g/mol. The number of anilines is 3. The van der Waals surface area contributed by atoms with Crippen LogP contribution in [0.1, 0.15) is 4.88 Å². The maximum atomic E-state index is 10.7. The normalized spacial score (nSPS) is 11.6. The molecule has 0 aliphatic carbocycles. The molecule has 4 aromatic carbocycles. The lowest BCUT2D eigenvalue weighted by Crippen LogP contribution is -2.11. The summed E-state index contributed by atoms with van der Waals surface area (Å²) in [6.07, 6.45) is -0.443. The minimum atomic E-state index is -0.796. The third-order valence-electron chi connectivity index (χ3n) is 6.56. The number of aromatic nitrogens is 2. The number of hydrogen-bond donors (Lipinski definition) is 0. The Hall–Kier alpha value is -4.84. The van der Waals surface area contributed by atoms with Crippen molar-refractivity contribution in [1.82, 2.24) is 8.75 Å². The van der Waals surface area contributed by atoms with Gasteiger partial charge in [-0.15, -0.1) is 11.3 Å². The van der Waals surface area contributed by atoms with Gasteiger partial charge in [0.2, 0.25) is 0 Å². The van der Waals surface area contributed by atoms with E-state index in [4.69, 9.17) is 4.74 Å². The predicted octanol–water partition coefficient (Wildman–Crippen LogP) is 8.16. The van der Waals surface area contributed by atoms with Crippen molar-refractivity contribution in [1.29, 1.82) is 5.26 Å². The first-order valence-electron chi connectivity index (χ1n) is 12.6. The molecule has 0 saturated carbocycles. The number of benzene rings is 4. The van der Waals surface area contributed by atoms with Crippen LogP contribution in [0.15, 0.2) is 109 Å². The van der Waals surface area contributed by atoms with Crippen molar-refractivity contribution in [2.75, 3.05) is 4.90 Å². The maximum absolute atomic E-state index is 10.7. The molecule has 1 atom stereocenters. The fourth-order valence-corrected chi connectivity index (χ4v) is 6.33. The Morgan fingerprint density at radius 2 is 1.38 bits per heavy atom. The van der Waals surface area contributed by atoms with Crippen molar-refractivity contribution < 1.29 is 9.53 Å². The number of hydrogen-bond acceptors (Lipinski definition) is 8. The zero-order valence-electron chi connectivity index (χ0n) is 21.2. The maximum Gasteiger partial charge on any atom is 0.294 e. The van der Waals surface area contributed by atoms with Gasteiger partial charge in [-0.1, -0.05) is 60.7 Å². The third kappa shape index (κ3) is 5.08. The van der Waals surface area contributed by atoms with Crippen LogP contribution < -0.4 is 4.90 Å². The van der Waals surface area contributed by atoms with Crippen LogP contribution in [-0.4, -0.2) is 21.3 Å². The van der Waals surface area contributed by atoms with E-state index >= 15 is 0 Å². The molecular formula is C32H22N4O2S2. The van der Waals surface area contributed by atoms with Gasteiger partial charge < -0.3 is 9.64 Å². The molecule has 6 nitrogen and oxygen atoms in total. The molecule has 194 valence electrons. The Labute approximate surface area is 239 Å². The van der Waals surface area contributed by atoms with Crippen molar-refractivity contribution in [3.05, 3.63) is 114 Å². The van der Waals surface area contributed by atoms with E-state index in [1.54, 1.807) is 11.3 Å². The van der Waals surface area contributed by atoms with Crippen LogP contribution in [0.5, 0.6) is 0 Å². The number of carbonyl (C=O) groups is 1. The number of ether oxygens (including phenoxy) is 1. The second-order valence-corrected chi connectivity index (χ2v) is 10.7. The van der Waals surface area contributed by atoms with E-state index in [-0.39, 0.29) is 0 Å². The fraction of sp³-hybridized carbons (Fsp3) is 0.0625. The standard InChI is InChI=1S/C32H22N4O2S2/c33-20-26(38-21-37)19-27-15-18-30(39-27)29-17-16-28(31-32(29)35-40-34-31)22-11-13-25(14-12-22)36(23-7-3-1-4-8-23)24-9-5-2-6-10-24/h1-18,21,26H,19H2. The summed E-state index contributed by atoms with van der Waals surface area (Å²) in [4.78, 5) is 14.9. The molecule has 0 amide bonds. The van der Waals surface area contributed by atoms with Crippen molar-refractivity contribution >= 4 is 57.6 Å². The average molecular weight is 559 g/mol. The highest BCUT2D eigenvalue weighted by Crippen LogP contribution is 2.39. The SMILES string of the molecule is N#CC(Cc1ccc(-c2ccc(-c3ccc(N(c4ccccc4)c4ccccc4)cc3)c3nsnc23)s1)OC=O. The van der Waals surface area contributed by atoms with Crippen molar-refractivity contribution in [2.24, 2.45) is 0 Å². The van der Waals surface area contributed by atoms with Gasteiger partial charge >= 0.3 is 0 Å². The number of para-hydroxylation sites is 2. The Morgan fingerprint density at radius 1 is 0.775 bits per heavy atom. The zero-order valence-corrected chi connectivity index (χ0v) is 22.8. The summed E-state index contributed by atoms with van der Waals surface area (Å²) in [5.74, 6) is 0. The van der Waals surface area contributed by atoms with E-state index in [1.165, 1.54) is 11.7 Å². The highest BCUT2D eigenvalue weighted by atomic mass is 32.1. The molecule has 0 N–H and O–H groups in total. The first-order valence-corrected chi connectivity index (χ1v) is 14.1. The first kappa shape index (κ1) is 25.4. The molecule has 0 saturated heterocycles. The molecule has 0 aliphatic heterocycles. The molecule has 40 heavy (non-hydrogen) atoms. The van der Waals surface area contributed by atoms with Gasteiger partial charge in [0.05, 0.1) is 11.7 Å². The van der Waals surface area contributed by atoms with Crippen LogP contribution >= 0.6 is 23.1 Å². The average Bonchev–Trinajstić information content (AvgIpc) is 3.69. The van der Waals surface area contributed by atoms with Crippen molar-refractivity contribution in [3.63, 3.8) is 0 Å². The van der Waals surface area contributed by atoms with E-state index in [0.29, 0.717) is 12.9 Å². The minimum Gasteiger partial charge on any atom is -0.449 e. The molecule has 0 fully saturated rings. The predicted molar refractivity (Wildman–Crippen MR) is 161 cm³/mol. The van der Waals surface area contributed by atoms with Gasteiger partial charge in [0.1, 0.15) is 17.1 Å². The molecule has 6 rings (SSSR count). The van der Waals surface area contributed by atoms with E-state index in [9.17, 15) is 10.1 Å². The topological polar surface area (TPSA) is 79.1 Å². The molecule has 2 aromatic heterocycles. The van der Waals surface area contributed by atoms with Crippen LogP contribution in [-0.2, 0) is 16.0 Å². The van der Waals surface area contributed by atoms with Crippen LogP contribution in [0.2, 0.25) is 0 Å². The summed E-state index contributed by atoms with van der Waals surface area (Å²) in [5.41, 5.74) is 8.00. The Balaban J connectivity index is 1.32. The molecule has 0 spiro atoms. The second kappa shape index (κ2) is 11.5. The summed E-state index contributed by atoms with van der Waals surface area (Å²) in [7, 11) is 0. The lowest BCUT2D eigenvalue weighted by atomic mass is 10.0. The number of rotatable bonds is 9. The molecule has 0 aliphatic rings. The smallest absolute Gasteiger partial charge is 0.294 e. The van der Waals surface area contributed by atoms with Gasteiger partial charge in [-0.3, -0.25) is 4.79 Å². The lowest BCUT2D eigenvalue weighted by Gasteiger charge is -2.25. The quantitative estimate of drug-likeness (QED) is 0.167. The Kier molecular flexibility index (Phi) is 7.31. The second-order valence-electron chi connectivity index (χ2n) is 9.00. The Morgan fingerprint density at radius 3 is 2.00 bits per heavy atom. The van der Waals surface area contributed by atoms with E-state index in [2.05, 4.69) is 74.3 Å². The first-order chi connectivity index (χ1) is 19.7. The van der Waals surface area contributed by atoms with E-state index < -0.39 is 6.10 Å². The number of nitriles is 1. The number of carbonyl (C=O) groups excluding carboxylic acids is 1. The highest BCUT2D eigenvalue weighted by Gasteiger charge is 2.17. The number of nitrogens with zero attached hydrogens (tertiary/aromatic N) is 4. The van der Waals surface area contributed by atoms with Crippen LogP contribution in [0.3, 0.4) is 0 Å². The summed E-state index contributed by atoms with van der Waals surface area (Å²) in [6.45, 7) is 0.318. The van der Waals surface area contributed by atoms with Crippen molar-refractivity contribution in [3.8, 4) is 27.6 Å². The van der Waals surface area contributed by atoms with E-state index in [1.807, 2.05) is 54.6 Å². The minimum absolute atomic E-state index is 0.318. The van der Waals surface area contributed by atoms with Gasteiger partial charge in [0, 0.05) is 44.4 Å². The Bertz CT molecular complexity index is 1750. The third-order valence-corrected chi connectivity index (χ3v) is 8.23. The highest BCUT2D eigenvalue weighted by molar-refractivity contribution is 7.15. The fourth-order valence-electron chi connectivity index (χ4n) is 4.70. The molecule has 8 heteroatoms.